The molecule has 1 fully saturated rings. The van der Waals surface area contributed by atoms with Crippen LogP contribution < -0.4 is 10.2 Å². The van der Waals surface area contributed by atoms with Crippen molar-refractivity contribution in [3.05, 3.63) is 59.7 Å². The number of carboxylic acid groups (broad SMARTS) is 1. The standard InChI is InChI=1S/C19H18N2O4/c1-2-12-6-3-4-9-15(12)20-16-11-17(22)21(18(16)23)14-8-5-7-13(10-14)19(24)25/h3-10,16,20H,2,11H2,1H3,(H,24,25)/t16-/m0/s1. The van der Waals surface area contributed by atoms with Gasteiger partial charge in [-0.15, -0.1) is 0 Å². The van der Waals surface area contributed by atoms with E-state index in [4.69, 9.17) is 5.11 Å². The predicted molar refractivity (Wildman–Crippen MR) is 93.7 cm³/mol. The number of benzene rings is 2. The number of aryl methyl sites for hydroxylation is 1. The van der Waals surface area contributed by atoms with Crippen molar-refractivity contribution in [2.75, 3.05) is 10.2 Å². The van der Waals surface area contributed by atoms with E-state index in [9.17, 15) is 14.4 Å². The second-order valence-electron chi connectivity index (χ2n) is 5.83. The number of imide groups is 1. The van der Waals surface area contributed by atoms with Gasteiger partial charge in [-0.1, -0.05) is 31.2 Å². The van der Waals surface area contributed by atoms with E-state index in [1.807, 2.05) is 31.2 Å². The zero-order valence-electron chi connectivity index (χ0n) is 13.7. The normalized spacial score (nSPS) is 17.0. The average Bonchev–Trinajstić information content (AvgIpc) is 2.89. The molecule has 2 N–H and O–H groups in total. The SMILES string of the molecule is CCc1ccccc1N[C@H]1CC(=O)N(c2cccc(C(=O)O)c2)C1=O. The number of carbonyl (C=O) groups excluding carboxylic acids is 2. The van der Waals surface area contributed by atoms with Crippen LogP contribution in [-0.4, -0.2) is 28.9 Å². The Balaban J connectivity index is 1.85. The number of para-hydroxylation sites is 1. The molecule has 0 aliphatic carbocycles. The number of carbonyl (C=O) groups is 3. The number of rotatable bonds is 5. The third-order valence-corrected chi connectivity index (χ3v) is 4.23. The van der Waals surface area contributed by atoms with Crippen LogP contribution in [-0.2, 0) is 16.0 Å². The van der Waals surface area contributed by atoms with Crippen LogP contribution in [0, 0.1) is 0 Å². The van der Waals surface area contributed by atoms with Crippen molar-refractivity contribution >= 4 is 29.2 Å². The summed E-state index contributed by atoms with van der Waals surface area (Å²) < 4.78 is 0. The lowest BCUT2D eigenvalue weighted by molar-refractivity contribution is -0.121. The largest absolute Gasteiger partial charge is 0.478 e. The van der Waals surface area contributed by atoms with E-state index in [0.717, 1.165) is 22.6 Å². The summed E-state index contributed by atoms with van der Waals surface area (Å²) in [5, 5.41) is 12.2. The van der Waals surface area contributed by atoms with Crippen LogP contribution in [0.5, 0.6) is 0 Å². The molecule has 1 heterocycles. The van der Waals surface area contributed by atoms with Gasteiger partial charge in [-0.25, -0.2) is 9.69 Å². The van der Waals surface area contributed by atoms with E-state index in [2.05, 4.69) is 5.32 Å². The molecule has 2 aromatic carbocycles. The van der Waals surface area contributed by atoms with Gasteiger partial charge < -0.3 is 10.4 Å². The molecule has 6 heteroatoms. The van der Waals surface area contributed by atoms with Crippen molar-refractivity contribution in [3.8, 4) is 0 Å². The predicted octanol–water partition coefficient (Wildman–Crippen LogP) is 2.69. The Bertz CT molecular complexity index is 847. The Labute approximate surface area is 145 Å². The summed E-state index contributed by atoms with van der Waals surface area (Å²) in [6.45, 7) is 2.02. The highest BCUT2D eigenvalue weighted by molar-refractivity contribution is 6.23. The summed E-state index contributed by atoms with van der Waals surface area (Å²) in [5.41, 5.74) is 2.21. The number of nitrogens with zero attached hydrogens (tertiary/aromatic N) is 1. The molecule has 1 aliphatic heterocycles. The number of hydrogen-bond donors (Lipinski definition) is 2. The van der Waals surface area contributed by atoms with Gasteiger partial charge in [-0.05, 0) is 36.2 Å². The number of aromatic carboxylic acids is 1. The van der Waals surface area contributed by atoms with Gasteiger partial charge >= 0.3 is 5.97 Å². The fraction of sp³-hybridized carbons (Fsp3) is 0.211. The topological polar surface area (TPSA) is 86.7 Å². The van der Waals surface area contributed by atoms with E-state index in [1.165, 1.54) is 18.2 Å². The summed E-state index contributed by atoms with van der Waals surface area (Å²) in [6.07, 6.45) is 0.844. The molecule has 2 aromatic rings. The van der Waals surface area contributed by atoms with Gasteiger partial charge in [0.05, 0.1) is 17.7 Å². The van der Waals surface area contributed by atoms with Crippen molar-refractivity contribution in [1.82, 2.24) is 0 Å². The molecule has 0 radical (unpaired) electrons. The fourth-order valence-corrected chi connectivity index (χ4v) is 2.95. The van der Waals surface area contributed by atoms with Crippen molar-refractivity contribution in [2.24, 2.45) is 0 Å². The van der Waals surface area contributed by atoms with Gasteiger partial charge in [0.15, 0.2) is 0 Å². The summed E-state index contributed by atoms with van der Waals surface area (Å²) in [4.78, 5) is 37.2. The fourth-order valence-electron chi connectivity index (χ4n) is 2.95. The molecule has 1 saturated heterocycles. The molecule has 0 unspecified atom stereocenters. The van der Waals surface area contributed by atoms with Crippen LogP contribution in [0.1, 0.15) is 29.3 Å². The number of hydrogen-bond acceptors (Lipinski definition) is 4. The molecule has 1 aliphatic rings. The first kappa shape index (κ1) is 16.7. The molecule has 0 bridgehead atoms. The van der Waals surface area contributed by atoms with Crippen LogP contribution >= 0.6 is 0 Å². The molecular weight excluding hydrogens is 320 g/mol. The maximum Gasteiger partial charge on any atom is 0.335 e. The quantitative estimate of drug-likeness (QED) is 0.819. The number of nitrogens with one attached hydrogen (secondary N) is 1. The zero-order valence-corrected chi connectivity index (χ0v) is 13.7. The van der Waals surface area contributed by atoms with Gasteiger partial charge in [0.2, 0.25) is 5.91 Å². The molecule has 128 valence electrons. The van der Waals surface area contributed by atoms with Crippen molar-refractivity contribution in [3.63, 3.8) is 0 Å². The lowest BCUT2D eigenvalue weighted by Crippen LogP contribution is -2.35. The number of amides is 2. The molecule has 0 spiro atoms. The Morgan fingerprint density at radius 3 is 2.68 bits per heavy atom. The van der Waals surface area contributed by atoms with E-state index < -0.39 is 12.0 Å². The van der Waals surface area contributed by atoms with Gasteiger partial charge in [-0.2, -0.15) is 0 Å². The lowest BCUT2D eigenvalue weighted by atomic mass is 10.1. The third kappa shape index (κ3) is 3.24. The monoisotopic (exact) mass is 338 g/mol. The molecule has 2 amide bonds. The smallest absolute Gasteiger partial charge is 0.335 e. The highest BCUT2D eigenvalue weighted by atomic mass is 16.4. The minimum Gasteiger partial charge on any atom is -0.478 e. The minimum absolute atomic E-state index is 0.0332. The first-order chi connectivity index (χ1) is 12.0. The summed E-state index contributed by atoms with van der Waals surface area (Å²) in [5.74, 6) is -1.83. The van der Waals surface area contributed by atoms with E-state index in [-0.39, 0.29) is 29.5 Å². The van der Waals surface area contributed by atoms with Crippen LogP contribution in [0.2, 0.25) is 0 Å². The van der Waals surface area contributed by atoms with E-state index in [1.54, 1.807) is 6.07 Å². The molecule has 1 atom stereocenters. The summed E-state index contributed by atoms with van der Waals surface area (Å²) in [7, 11) is 0. The number of carboxylic acids is 1. The highest BCUT2D eigenvalue weighted by Gasteiger charge is 2.39. The van der Waals surface area contributed by atoms with Gasteiger partial charge in [0, 0.05) is 5.69 Å². The van der Waals surface area contributed by atoms with E-state index >= 15 is 0 Å². The highest BCUT2D eigenvalue weighted by Crippen LogP contribution is 2.27. The third-order valence-electron chi connectivity index (χ3n) is 4.23. The van der Waals surface area contributed by atoms with Gasteiger partial charge in [0.1, 0.15) is 6.04 Å². The lowest BCUT2D eigenvalue weighted by Gasteiger charge is -2.17. The maximum atomic E-state index is 12.7. The van der Waals surface area contributed by atoms with Crippen molar-refractivity contribution in [2.45, 2.75) is 25.8 Å². The zero-order chi connectivity index (χ0) is 18.0. The Morgan fingerprint density at radius 2 is 1.96 bits per heavy atom. The molecule has 0 aromatic heterocycles. The molecular formula is C19H18N2O4. The first-order valence-electron chi connectivity index (χ1n) is 8.06. The Morgan fingerprint density at radius 1 is 1.20 bits per heavy atom. The van der Waals surface area contributed by atoms with Gasteiger partial charge in [0.25, 0.3) is 5.91 Å². The average molecular weight is 338 g/mol. The van der Waals surface area contributed by atoms with Crippen LogP contribution in [0.15, 0.2) is 48.5 Å². The Kier molecular flexibility index (Phi) is 4.52. The van der Waals surface area contributed by atoms with Crippen LogP contribution in [0.25, 0.3) is 0 Å². The van der Waals surface area contributed by atoms with Crippen LogP contribution in [0.3, 0.4) is 0 Å². The summed E-state index contributed by atoms with van der Waals surface area (Å²) >= 11 is 0. The minimum atomic E-state index is -1.10. The van der Waals surface area contributed by atoms with E-state index in [0.29, 0.717) is 0 Å². The number of anilines is 2. The molecule has 3 rings (SSSR count). The Hall–Kier alpha value is -3.15. The first-order valence-corrected chi connectivity index (χ1v) is 8.06. The molecule has 0 saturated carbocycles. The van der Waals surface area contributed by atoms with Crippen molar-refractivity contribution < 1.29 is 19.5 Å². The molecule has 6 nitrogen and oxygen atoms in total. The second-order valence-corrected chi connectivity index (χ2v) is 5.83. The van der Waals surface area contributed by atoms with Gasteiger partial charge in [-0.3, -0.25) is 9.59 Å². The second kappa shape index (κ2) is 6.76. The van der Waals surface area contributed by atoms with Crippen LogP contribution in [0.4, 0.5) is 11.4 Å². The maximum absolute atomic E-state index is 12.7. The summed E-state index contributed by atoms with van der Waals surface area (Å²) in [6, 6.07) is 12.8. The van der Waals surface area contributed by atoms with Crippen molar-refractivity contribution in [1.29, 1.82) is 0 Å². The molecule has 25 heavy (non-hydrogen) atoms.